The average Bonchev–Trinajstić information content (AvgIpc) is 2.55. The summed E-state index contributed by atoms with van der Waals surface area (Å²) >= 11 is 0. The average molecular weight is 341 g/mol. The summed E-state index contributed by atoms with van der Waals surface area (Å²) in [5, 5.41) is 22.1. The highest BCUT2D eigenvalue weighted by Gasteiger charge is 2.40. The van der Waals surface area contributed by atoms with Gasteiger partial charge in [-0.1, -0.05) is 13.8 Å². The molecule has 1 atom stereocenters. The van der Waals surface area contributed by atoms with Crippen LogP contribution in [0.15, 0.2) is 18.2 Å². The maximum absolute atomic E-state index is 12.4. The highest BCUT2D eigenvalue weighted by Crippen LogP contribution is 2.37. The van der Waals surface area contributed by atoms with Gasteiger partial charge in [0.05, 0.1) is 20.7 Å². The van der Waals surface area contributed by atoms with Crippen LogP contribution in [0, 0.1) is 20.2 Å². The minimum atomic E-state index is -0.980. The number of rotatable bonds is 5. The van der Waals surface area contributed by atoms with Crippen molar-refractivity contribution in [2.75, 3.05) is 23.7 Å². The standard InChI is InChI=1S/C14H19N3O5S/c1-3-14(4-2)10-15(7-8-23(14)22)12-6-5-11(16(18)19)9-13(12)17(20)21/h5-6,9H,3-4,7-8,10H2,1-2H3. The molecule has 126 valence electrons. The first kappa shape index (κ1) is 17.3. The smallest absolute Gasteiger partial charge is 0.299 e. The second-order valence-electron chi connectivity index (χ2n) is 5.55. The normalized spacial score (nSPS) is 20.3. The van der Waals surface area contributed by atoms with Crippen LogP contribution in [0.1, 0.15) is 26.7 Å². The summed E-state index contributed by atoms with van der Waals surface area (Å²) in [5.41, 5.74) is -0.241. The molecule has 0 N–H and O–H groups in total. The summed E-state index contributed by atoms with van der Waals surface area (Å²) in [6.45, 7) is 4.82. The molecule has 1 heterocycles. The Labute approximate surface area is 136 Å². The molecule has 0 amide bonds. The monoisotopic (exact) mass is 341 g/mol. The van der Waals surface area contributed by atoms with Crippen molar-refractivity contribution in [2.45, 2.75) is 31.4 Å². The Balaban J connectivity index is 2.43. The summed E-state index contributed by atoms with van der Waals surface area (Å²) < 4.78 is 12.0. The highest BCUT2D eigenvalue weighted by atomic mass is 32.2. The van der Waals surface area contributed by atoms with Crippen LogP contribution >= 0.6 is 0 Å². The molecule has 1 aliphatic heterocycles. The second kappa shape index (κ2) is 6.61. The van der Waals surface area contributed by atoms with E-state index in [0.717, 1.165) is 6.07 Å². The number of benzene rings is 1. The van der Waals surface area contributed by atoms with Gasteiger partial charge in [0.2, 0.25) is 0 Å². The highest BCUT2D eigenvalue weighted by molar-refractivity contribution is 7.86. The van der Waals surface area contributed by atoms with Crippen LogP contribution in [0.2, 0.25) is 0 Å². The van der Waals surface area contributed by atoms with E-state index in [1.807, 2.05) is 18.7 Å². The van der Waals surface area contributed by atoms with E-state index >= 15 is 0 Å². The van der Waals surface area contributed by atoms with Crippen molar-refractivity contribution < 1.29 is 14.1 Å². The predicted octanol–water partition coefficient (Wildman–Crippen LogP) is 2.63. The van der Waals surface area contributed by atoms with Crippen LogP contribution in [0.4, 0.5) is 17.1 Å². The topological polar surface area (TPSA) is 107 Å². The van der Waals surface area contributed by atoms with Crippen LogP contribution < -0.4 is 4.90 Å². The quantitative estimate of drug-likeness (QED) is 0.602. The molecule has 0 aromatic heterocycles. The Kier molecular flexibility index (Phi) is 4.98. The lowest BCUT2D eigenvalue weighted by molar-refractivity contribution is -0.393. The molecule has 0 saturated carbocycles. The lowest BCUT2D eigenvalue weighted by Crippen LogP contribution is -2.53. The Morgan fingerprint density at radius 1 is 1.22 bits per heavy atom. The number of hydrogen-bond donors (Lipinski definition) is 0. The molecule has 1 unspecified atom stereocenters. The first-order chi connectivity index (χ1) is 10.8. The van der Waals surface area contributed by atoms with Gasteiger partial charge in [-0.05, 0) is 18.9 Å². The van der Waals surface area contributed by atoms with Crippen molar-refractivity contribution in [3.8, 4) is 0 Å². The maximum atomic E-state index is 12.4. The van der Waals surface area contributed by atoms with Crippen LogP contribution in [-0.2, 0) is 10.8 Å². The van der Waals surface area contributed by atoms with Gasteiger partial charge in [-0.2, -0.15) is 0 Å². The van der Waals surface area contributed by atoms with Gasteiger partial charge in [0.25, 0.3) is 11.4 Å². The molecule has 1 aromatic rings. The fourth-order valence-electron chi connectivity index (χ4n) is 2.95. The molecule has 0 bridgehead atoms. The molecule has 8 nitrogen and oxygen atoms in total. The molecule has 0 spiro atoms. The fourth-order valence-corrected chi connectivity index (χ4v) is 4.71. The van der Waals surface area contributed by atoms with Gasteiger partial charge in [0, 0.05) is 35.7 Å². The van der Waals surface area contributed by atoms with Crippen molar-refractivity contribution >= 4 is 27.9 Å². The van der Waals surface area contributed by atoms with E-state index < -0.39 is 25.4 Å². The first-order valence-corrected chi connectivity index (χ1v) is 8.72. The SMILES string of the molecule is CCC1(CC)CN(c2ccc([N+](=O)[O-])cc2[N+](=O)[O-])CCS1=O. The molecule has 1 aliphatic rings. The largest absolute Gasteiger partial charge is 0.364 e. The maximum Gasteiger partial charge on any atom is 0.299 e. The van der Waals surface area contributed by atoms with Gasteiger partial charge in [0.1, 0.15) is 5.69 Å². The number of anilines is 1. The van der Waals surface area contributed by atoms with Crippen molar-refractivity contribution in [2.24, 2.45) is 0 Å². The Morgan fingerprint density at radius 2 is 1.87 bits per heavy atom. The molecule has 23 heavy (non-hydrogen) atoms. The van der Waals surface area contributed by atoms with Crippen LogP contribution in [-0.4, -0.2) is 37.6 Å². The number of nitrogens with zero attached hydrogens (tertiary/aromatic N) is 3. The van der Waals surface area contributed by atoms with Crippen LogP contribution in [0.3, 0.4) is 0 Å². The molecule has 0 aliphatic carbocycles. The summed E-state index contributed by atoms with van der Waals surface area (Å²) in [6.07, 6.45) is 1.43. The van der Waals surface area contributed by atoms with Gasteiger partial charge in [-0.25, -0.2) is 0 Å². The predicted molar refractivity (Wildman–Crippen MR) is 88.3 cm³/mol. The zero-order valence-corrected chi connectivity index (χ0v) is 13.9. The van der Waals surface area contributed by atoms with Crippen molar-refractivity contribution in [1.29, 1.82) is 0 Å². The minimum absolute atomic E-state index is 0.284. The molecule has 1 fully saturated rings. The number of hydrogen-bond acceptors (Lipinski definition) is 6. The molecule has 0 radical (unpaired) electrons. The molecular weight excluding hydrogens is 322 g/mol. The summed E-state index contributed by atoms with van der Waals surface area (Å²) in [5.74, 6) is 0.440. The minimum Gasteiger partial charge on any atom is -0.364 e. The Morgan fingerprint density at radius 3 is 2.39 bits per heavy atom. The zero-order chi connectivity index (χ0) is 17.2. The third kappa shape index (κ3) is 3.19. The number of nitro benzene ring substituents is 2. The van der Waals surface area contributed by atoms with E-state index in [0.29, 0.717) is 37.4 Å². The van der Waals surface area contributed by atoms with Crippen LogP contribution in [0.25, 0.3) is 0 Å². The van der Waals surface area contributed by atoms with E-state index in [1.165, 1.54) is 12.1 Å². The number of non-ortho nitro benzene ring substituents is 1. The lowest BCUT2D eigenvalue weighted by Gasteiger charge is -2.41. The zero-order valence-electron chi connectivity index (χ0n) is 13.1. The Hall–Kier alpha value is -2.03. The fraction of sp³-hybridized carbons (Fsp3) is 0.571. The molecule has 1 aromatic carbocycles. The summed E-state index contributed by atoms with van der Waals surface area (Å²) in [4.78, 5) is 22.7. The van der Waals surface area contributed by atoms with Gasteiger partial charge >= 0.3 is 0 Å². The Bertz CT molecular complexity index is 660. The summed E-state index contributed by atoms with van der Waals surface area (Å²) in [6, 6.07) is 3.68. The van der Waals surface area contributed by atoms with Crippen LogP contribution in [0.5, 0.6) is 0 Å². The van der Waals surface area contributed by atoms with E-state index in [2.05, 4.69) is 0 Å². The molecule has 9 heteroatoms. The van der Waals surface area contributed by atoms with Crippen molar-refractivity contribution in [3.63, 3.8) is 0 Å². The van der Waals surface area contributed by atoms with Gasteiger partial charge in [0.15, 0.2) is 0 Å². The van der Waals surface area contributed by atoms with Crippen molar-refractivity contribution in [1.82, 2.24) is 0 Å². The molecular formula is C14H19N3O5S. The number of nitro groups is 2. The van der Waals surface area contributed by atoms with E-state index in [-0.39, 0.29) is 11.4 Å². The second-order valence-corrected chi connectivity index (χ2v) is 7.51. The molecule has 2 rings (SSSR count). The summed E-state index contributed by atoms with van der Waals surface area (Å²) in [7, 11) is -0.980. The third-order valence-electron chi connectivity index (χ3n) is 4.50. The van der Waals surface area contributed by atoms with Crippen molar-refractivity contribution in [3.05, 3.63) is 38.4 Å². The van der Waals surface area contributed by atoms with Gasteiger partial charge in [-0.15, -0.1) is 0 Å². The lowest BCUT2D eigenvalue weighted by atomic mass is 10.0. The first-order valence-electron chi connectivity index (χ1n) is 7.41. The third-order valence-corrected chi connectivity index (χ3v) is 6.73. The van der Waals surface area contributed by atoms with E-state index in [9.17, 15) is 24.4 Å². The van der Waals surface area contributed by atoms with E-state index in [4.69, 9.17) is 0 Å². The van der Waals surface area contributed by atoms with Gasteiger partial charge < -0.3 is 4.90 Å². The molecule has 1 saturated heterocycles. The van der Waals surface area contributed by atoms with E-state index in [1.54, 1.807) is 0 Å². The van der Waals surface area contributed by atoms with Gasteiger partial charge in [-0.3, -0.25) is 24.4 Å².